The number of hydrogen-bond donors (Lipinski definition) is 1. The Morgan fingerprint density at radius 2 is 2.11 bits per heavy atom. The predicted octanol–water partition coefficient (Wildman–Crippen LogP) is 2.70. The van der Waals surface area contributed by atoms with Crippen molar-refractivity contribution < 1.29 is 22.5 Å². The Balaban J connectivity index is 2.15. The number of ether oxygens (including phenoxy) is 1. The van der Waals surface area contributed by atoms with Gasteiger partial charge in [-0.3, -0.25) is 14.3 Å². The van der Waals surface area contributed by atoms with Crippen molar-refractivity contribution in [1.82, 2.24) is 4.98 Å². The van der Waals surface area contributed by atoms with Gasteiger partial charge in [-0.1, -0.05) is 18.3 Å². The van der Waals surface area contributed by atoms with E-state index in [-0.39, 0.29) is 6.61 Å². The van der Waals surface area contributed by atoms with E-state index in [2.05, 4.69) is 4.98 Å². The highest BCUT2D eigenvalue weighted by molar-refractivity contribution is 7.86. The van der Waals surface area contributed by atoms with Gasteiger partial charge in [0.2, 0.25) is 0 Å². The van der Waals surface area contributed by atoms with E-state index in [0.29, 0.717) is 17.0 Å². The lowest BCUT2D eigenvalue weighted by molar-refractivity contribution is -0.141. The van der Waals surface area contributed by atoms with Crippen molar-refractivity contribution >= 4 is 38.9 Å². The van der Waals surface area contributed by atoms with Crippen LogP contribution in [-0.2, 0) is 19.6 Å². The molecule has 0 amide bonds. The van der Waals surface area contributed by atoms with Crippen molar-refractivity contribution in [3.05, 3.63) is 47.3 Å². The smallest absolute Gasteiger partial charge is 0.302 e. The molecule has 3 atom stereocenters. The molecule has 1 fully saturated rings. The van der Waals surface area contributed by atoms with Crippen LogP contribution in [0.25, 0.3) is 0 Å². The zero-order valence-electron chi connectivity index (χ0n) is 15.8. The minimum absolute atomic E-state index is 0.119. The number of allylic oxidation sites excluding steroid dienone is 3. The monoisotopic (exact) mass is 422 g/mol. The summed E-state index contributed by atoms with van der Waals surface area (Å²) in [5.41, 5.74) is 3.14. The molecule has 1 aromatic heterocycles. The van der Waals surface area contributed by atoms with Gasteiger partial charge in [-0.05, 0) is 42.7 Å². The Hall–Kier alpha value is -2.10. The lowest BCUT2D eigenvalue weighted by Gasteiger charge is -2.31. The van der Waals surface area contributed by atoms with E-state index in [0.717, 1.165) is 16.7 Å². The summed E-state index contributed by atoms with van der Waals surface area (Å²) in [6.07, 6.45) is 5.42. The van der Waals surface area contributed by atoms with Crippen LogP contribution in [0.3, 0.4) is 0 Å². The van der Waals surface area contributed by atoms with E-state index >= 15 is 0 Å². The van der Waals surface area contributed by atoms with E-state index in [9.17, 15) is 17.8 Å². The fourth-order valence-electron chi connectivity index (χ4n) is 3.89. The number of carbonyl (C=O) groups is 1. The van der Waals surface area contributed by atoms with E-state index < -0.39 is 33.4 Å². The van der Waals surface area contributed by atoms with Crippen molar-refractivity contribution in [1.29, 1.82) is 0 Å². The van der Waals surface area contributed by atoms with Gasteiger partial charge in [-0.25, -0.2) is 0 Å². The van der Waals surface area contributed by atoms with Gasteiger partial charge in [0, 0.05) is 24.4 Å². The summed E-state index contributed by atoms with van der Waals surface area (Å²) in [7, 11) is -4.48. The molecule has 7 nitrogen and oxygen atoms in total. The molecule has 3 rings (SSSR count). The van der Waals surface area contributed by atoms with Gasteiger partial charge in [0.25, 0.3) is 10.1 Å². The third-order valence-corrected chi connectivity index (χ3v) is 6.88. The number of pyridine rings is 1. The largest absolute Gasteiger partial charge is 0.466 e. The molecule has 28 heavy (non-hydrogen) atoms. The van der Waals surface area contributed by atoms with Gasteiger partial charge in [0.1, 0.15) is 0 Å². The Kier molecular flexibility index (Phi) is 5.69. The minimum Gasteiger partial charge on any atom is -0.466 e. The second kappa shape index (κ2) is 7.73. The summed E-state index contributed by atoms with van der Waals surface area (Å²) >= 11 is 5.60. The van der Waals surface area contributed by atoms with Gasteiger partial charge in [0.05, 0.1) is 30.5 Å². The Labute approximate surface area is 169 Å². The first-order valence-corrected chi connectivity index (χ1v) is 10.7. The second-order valence-electron chi connectivity index (χ2n) is 6.96. The van der Waals surface area contributed by atoms with Crippen molar-refractivity contribution in [3.63, 3.8) is 0 Å². The first-order valence-electron chi connectivity index (χ1n) is 8.84. The average molecular weight is 423 g/mol. The van der Waals surface area contributed by atoms with Crippen LogP contribution in [0.2, 0.25) is 0 Å². The highest BCUT2D eigenvalue weighted by Crippen LogP contribution is 2.46. The van der Waals surface area contributed by atoms with Crippen LogP contribution in [0, 0.1) is 5.92 Å². The third-order valence-electron chi connectivity index (χ3n) is 5.21. The molecule has 1 aromatic rings. The zero-order chi connectivity index (χ0) is 20.6. The van der Waals surface area contributed by atoms with Crippen molar-refractivity contribution in [3.8, 4) is 0 Å². The van der Waals surface area contributed by atoms with Crippen LogP contribution in [0.4, 0.5) is 5.69 Å². The van der Waals surface area contributed by atoms with Crippen molar-refractivity contribution in [2.75, 3.05) is 11.5 Å². The molecule has 1 aliphatic heterocycles. The van der Waals surface area contributed by atoms with E-state index in [4.69, 9.17) is 17.0 Å². The molecule has 2 aliphatic rings. The fourth-order valence-corrected chi connectivity index (χ4v) is 5.60. The molecule has 9 heteroatoms. The summed E-state index contributed by atoms with van der Waals surface area (Å²) in [6.45, 7) is 5.21. The number of carbonyl (C=O) groups excluding carboxylic acids is 1. The minimum atomic E-state index is -4.48. The molecule has 0 bridgehead atoms. The standard InChI is InChI=1S/C19H22N2O5S2/c1-11-9-15-16(6-8-26-13(3)22)21(14-5-4-7-20-10-14)19(28(23,24)25)17(15)18(27)12(11)2/h4-5,7,9-10,16-17,19H,6,8H2,1-3H3,(H,23,24,25). The quantitative estimate of drug-likeness (QED) is 0.440. The summed E-state index contributed by atoms with van der Waals surface area (Å²) in [5, 5.41) is -1.26. The number of thiocarbonyl (C=S) groups is 1. The normalized spacial score (nSPS) is 24.9. The highest BCUT2D eigenvalue weighted by Gasteiger charge is 2.53. The van der Waals surface area contributed by atoms with Crippen molar-refractivity contribution in [2.24, 2.45) is 5.92 Å². The summed E-state index contributed by atoms with van der Waals surface area (Å²) in [5.74, 6) is -1.06. The first kappa shape index (κ1) is 20.6. The van der Waals surface area contributed by atoms with Gasteiger partial charge in [-0.2, -0.15) is 8.42 Å². The summed E-state index contributed by atoms with van der Waals surface area (Å²) in [6, 6.07) is 3.02. The second-order valence-corrected chi connectivity index (χ2v) is 8.92. The topological polar surface area (TPSA) is 96.8 Å². The Morgan fingerprint density at radius 3 is 2.68 bits per heavy atom. The average Bonchev–Trinajstić information content (AvgIpc) is 2.95. The van der Waals surface area contributed by atoms with Crippen molar-refractivity contribution in [2.45, 2.75) is 38.6 Å². The molecular formula is C19H22N2O5S2. The molecule has 1 aliphatic carbocycles. The lowest BCUT2D eigenvalue weighted by atomic mass is 9.83. The fraction of sp³-hybridized carbons (Fsp3) is 0.421. The van der Waals surface area contributed by atoms with Gasteiger partial charge < -0.3 is 9.64 Å². The zero-order valence-corrected chi connectivity index (χ0v) is 17.5. The molecule has 150 valence electrons. The highest BCUT2D eigenvalue weighted by atomic mass is 32.2. The maximum atomic E-state index is 12.4. The van der Waals surface area contributed by atoms with Crippen LogP contribution in [-0.4, -0.2) is 46.8 Å². The number of hydrogen-bond acceptors (Lipinski definition) is 7. The maximum absolute atomic E-state index is 12.4. The van der Waals surface area contributed by atoms with Crippen LogP contribution in [0.5, 0.6) is 0 Å². The molecule has 0 aromatic carbocycles. The number of nitrogens with zero attached hydrogens (tertiary/aromatic N) is 2. The molecular weight excluding hydrogens is 400 g/mol. The molecule has 1 N–H and O–H groups in total. The van der Waals surface area contributed by atoms with Crippen LogP contribution in [0.15, 0.2) is 47.3 Å². The summed E-state index contributed by atoms with van der Waals surface area (Å²) < 4.78 is 40.1. The van der Waals surface area contributed by atoms with Gasteiger partial charge >= 0.3 is 5.97 Å². The van der Waals surface area contributed by atoms with Crippen LogP contribution >= 0.6 is 12.2 Å². The van der Waals surface area contributed by atoms with Gasteiger partial charge in [0.15, 0.2) is 5.37 Å². The number of rotatable bonds is 5. The predicted molar refractivity (Wildman–Crippen MR) is 110 cm³/mol. The first-order chi connectivity index (χ1) is 13.1. The SMILES string of the molecule is CC(=O)OCCC1C2=CC(C)=C(C)C(=S)C2C(S(=O)(=O)O)N1c1cccnc1. The lowest BCUT2D eigenvalue weighted by Crippen LogP contribution is -2.44. The van der Waals surface area contributed by atoms with E-state index in [1.807, 2.05) is 19.9 Å². The third kappa shape index (κ3) is 3.74. The van der Waals surface area contributed by atoms with Crippen LogP contribution in [0.1, 0.15) is 27.2 Å². The van der Waals surface area contributed by atoms with E-state index in [1.165, 1.54) is 6.92 Å². The van der Waals surface area contributed by atoms with Crippen LogP contribution < -0.4 is 4.90 Å². The Morgan fingerprint density at radius 1 is 1.39 bits per heavy atom. The molecule has 1 saturated heterocycles. The molecule has 0 spiro atoms. The Bertz CT molecular complexity index is 969. The molecule has 0 radical (unpaired) electrons. The number of esters is 1. The molecule has 2 heterocycles. The number of aromatic nitrogens is 1. The maximum Gasteiger partial charge on any atom is 0.302 e. The number of anilines is 1. The summed E-state index contributed by atoms with van der Waals surface area (Å²) in [4.78, 5) is 17.4. The van der Waals surface area contributed by atoms with E-state index in [1.54, 1.807) is 29.4 Å². The number of fused-ring (bicyclic) bond motifs is 1. The molecule has 0 saturated carbocycles. The molecule has 3 unspecified atom stereocenters. The van der Waals surface area contributed by atoms with Gasteiger partial charge in [-0.15, -0.1) is 0 Å².